The number of halogens is 1. The third kappa shape index (κ3) is 4.24. The first kappa shape index (κ1) is 15.4. The quantitative estimate of drug-likeness (QED) is 0.820. The molecule has 1 fully saturated rings. The molecule has 1 aliphatic heterocycles. The molecule has 1 unspecified atom stereocenters. The zero-order chi connectivity index (χ0) is 15.2. The summed E-state index contributed by atoms with van der Waals surface area (Å²) in [5.74, 6) is -0.952. The number of carbonyl (C=O) groups is 2. The van der Waals surface area contributed by atoms with Gasteiger partial charge in [-0.15, -0.1) is 0 Å². The van der Waals surface area contributed by atoms with Crippen LogP contribution in [0.3, 0.4) is 0 Å². The molecule has 0 radical (unpaired) electrons. The highest BCUT2D eigenvalue weighted by molar-refractivity contribution is 5.95. The Bertz CT molecular complexity index is 505. The summed E-state index contributed by atoms with van der Waals surface area (Å²) in [5.41, 5.74) is 5.91. The Morgan fingerprint density at radius 3 is 2.81 bits per heavy atom. The molecular formula is C14H18FN3O3. The first-order chi connectivity index (χ1) is 10.1. The van der Waals surface area contributed by atoms with Crippen LogP contribution in [0.1, 0.15) is 6.42 Å². The van der Waals surface area contributed by atoms with Crippen LogP contribution in [0.5, 0.6) is 0 Å². The van der Waals surface area contributed by atoms with Crippen LogP contribution >= 0.6 is 0 Å². The molecule has 0 aromatic heterocycles. The predicted octanol–water partition coefficient (Wildman–Crippen LogP) is 0.340. The maximum absolute atomic E-state index is 12.8. The van der Waals surface area contributed by atoms with Crippen molar-refractivity contribution in [1.29, 1.82) is 0 Å². The van der Waals surface area contributed by atoms with Crippen molar-refractivity contribution in [2.75, 3.05) is 31.6 Å². The fourth-order valence-corrected chi connectivity index (χ4v) is 2.13. The topological polar surface area (TPSA) is 84.7 Å². The highest BCUT2D eigenvalue weighted by atomic mass is 19.1. The molecule has 0 saturated carbocycles. The summed E-state index contributed by atoms with van der Waals surface area (Å²) in [5, 5.41) is 2.60. The summed E-state index contributed by atoms with van der Waals surface area (Å²) in [6, 6.07) is 5.41. The second-order valence-corrected chi connectivity index (χ2v) is 4.73. The third-order valence-corrected chi connectivity index (χ3v) is 3.17. The second-order valence-electron chi connectivity index (χ2n) is 4.73. The molecule has 1 heterocycles. The standard InChI is InChI=1S/C14H18FN3O3/c15-10-1-3-11(4-2-10)17-13(19)9-12-14(20)18(6-5-16)7-8-21-12/h1-4,12H,5-9,16H2,(H,17,19). The molecule has 6 nitrogen and oxygen atoms in total. The Labute approximate surface area is 122 Å². The van der Waals surface area contributed by atoms with Gasteiger partial charge in [-0.05, 0) is 24.3 Å². The van der Waals surface area contributed by atoms with Crippen LogP contribution in [0.15, 0.2) is 24.3 Å². The van der Waals surface area contributed by atoms with Crippen LogP contribution in [0.2, 0.25) is 0 Å². The second kappa shape index (κ2) is 7.14. The summed E-state index contributed by atoms with van der Waals surface area (Å²) in [4.78, 5) is 25.6. The number of morpholine rings is 1. The predicted molar refractivity (Wildman–Crippen MR) is 75.0 cm³/mol. The van der Waals surface area contributed by atoms with Gasteiger partial charge < -0.3 is 20.7 Å². The maximum atomic E-state index is 12.8. The van der Waals surface area contributed by atoms with Crippen LogP contribution in [0.4, 0.5) is 10.1 Å². The van der Waals surface area contributed by atoms with E-state index in [1.165, 1.54) is 24.3 Å². The minimum atomic E-state index is -0.786. The van der Waals surface area contributed by atoms with E-state index in [1.54, 1.807) is 4.90 Å². The van der Waals surface area contributed by atoms with Crippen molar-refractivity contribution >= 4 is 17.5 Å². The van der Waals surface area contributed by atoms with Gasteiger partial charge >= 0.3 is 0 Å². The van der Waals surface area contributed by atoms with Gasteiger partial charge in [0.1, 0.15) is 11.9 Å². The van der Waals surface area contributed by atoms with Crippen molar-refractivity contribution in [3.63, 3.8) is 0 Å². The lowest BCUT2D eigenvalue weighted by molar-refractivity contribution is -0.154. The van der Waals surface area contributed by atoms with Gasteiger partial charge in [0.05, 0.1) is 13.0 Å². The molecule has 2 amide bonds. The van der Waals surface area contributed by atoms with E-state index in [0.29, 0.717) is 31.9 Å². The number of benzene rings is 1. The molecule has 0 spiro atoms. The largest absolute Gasteiger partial charge is 0.366 e. The van der Waals surface area contributed by atoms with E-state index in [9.17, 15) is 14.0 Å². The van der Waals surface area contributed by atoms with E-state index in [2.05, 4.69) is 5.32 Å². The zero-order valence-corrected chi connectivity index (χ0v) is 11.5. The van der Waals surface area contributed by atoms with Gasteiger partial charge in [0, 0.05) is 25.3 Å². The van der Waals surface area contributed by atoms with Gasteiger partial charge in [-0.25, -0.2) is 4.39 Å². The molecule has 2 rings (SSSR count). The van der Waals surface area contributed by atoms with Gasteiger partial charge in [-0.1, -0.05) is 0 Å². The molecule has 1 aromatic carbocycles. The van der Waals surface area contributed by atoms with E-state index < -0.39 is 6.10 Å². The number of anilines is 1. The number of ether oxygens (including phenoxy) is 1. The monoisotopic (exact) mass is 295 g/mol. The van der Waals surface area contributed by atoms with Gasteiger partial charge in [-0.2, -0.15) is 0 Å². The maximum Gasteiger partial charge on any atom is 0.252 e. The van der Waals surface area contributed by atoms with Crippen LogP contribution in [-0.2, 0) is 14.3 Å². The Kier molecular flexibility index (Phi) is 5.24. The normalized spacial score (nSPS) is 18.7. The Hall–Kier alpha value is -1.99. The minimum absolute atomic E-state index is 0.0721. The smallest absolute Gasteiger partial charge is 0.252 e. The third-order valence-electron chi connectivity index (χ3n) is 3.17. The molecule has 0 aliphatic carbocycles. The number of hydrogen-bond acceptors (Lipinski definition) is 4. The number of nitrogens with two attached hydrogens (primary N) is 1. The van der Waals surface area contributed by atoms with Gasteiger partial charge in [0.15, 0.2) is 0 Å². The van der Waals surface area contributed by atoms with Crippen LogP contribution in [-0.4, -0.2) is 49.1 Å². The molecular weight excluding hydrogens is 277 g/mol. The van der Waals surface area contributed by atoms with Crippen molar-refractivity contribution in [2.45, 2.75) is 12.5 Å². The average Bonchev–Trinajstić information content (AvgIpc) is 2.46. The van der Waals surface area contributed by atoms with Crippen molar-refractivity contribution in [3.8, 4) is 0 Å². The number of amides is 2. The molecule has 1 saturated heterocycles. The molecule has 114 valence electrons. The number of hydrogen-bond donors (Lipinski definition) is 2. The molecule has 0 bridgehead atoms. The Morgan fingerprint density at radius 1 is 1.43 bits per heavy atom. The highest BCUT2D eigenvalue weighted by Gasteiger charge is 2.30. The lowest BCUT2D eigenvalue weighted by atomic mass is 10.1. The summed E-state index contributed by atoms with van der Waals surface area (Å²) in [7, 11) is 0. The van der Waals surface area contributed by atoms with E-state index in [4.69, 9.17) is 10.5 Å². The number of rotatable bonds is 5. The number of nitrogens with zero attached hydrogens (tertiary/aromatic N) is 1. The Morgan fingerprint density at radius 2 is 2.14 bits per heavy atom. The fourth-order valence-electron chi connectivity index (χ4n) is 2.13. The zero-order valence-electron chi connectivity index (χ0n) is 11.5. The summed E-state index contributed by atoms with van der Waals surface area (Å²) >= 11 is 0. The SMILES string of the molecule is NCCN1CCOC(CC(=O)Nc2ccc(F)cc2)C1=O. The van der Waals surface area contributed by atoms with E-state index in [0.717, 1.165) is 0 Å². The van der Waals surface area contributed by atoms with E-state index in [-0.39, 0.29) is 24.1 Å². The minimum Gasteiger partial charge on any atom is -0.366 e. The molecule has 1 aromatic rings. The fraction of sp³-hybridized carbons (Fsp3) is 0.429. The number of carbonyl (C=O) groups excluding carboxylic acids is 2. The van der Waals surface area contributed by atoms with Crippen molar-refractivity contribution in [3.05, 3.63) is 30.1 Å². The lowest BCUT2D eigenvalue weighted by Gasteiger charge is -2.31. The first-order valence-electron chi connectivity index (χ1n) is 6.76. The van der Waals surface area contributed by atoms with Gasteiger partial charge in [0.2, 0.25) is 5.91 Å². The highest BCUT2D eigenvalue weighted by Crippen LogP contribution is 2.13. The van der Waals surface area contributed by atoms with Crippen LogP contribution < -0.4 is 11.1 Å². The van der Waals surface area contributed by atoms with Gasteiger partial charge in [0.25, 0.3) is 5.91 Å². The van der Waals surface area contributed by atoms with Crippen molar-refractivity contribution < 1.29 is 18.7 Å². The van der Waals surface area contributed by atoms with Gasteiger partial charge in [-0.3, -0.25) is 9.59 Å². The molecule has 7 heteroatoms. The molecule has 1 aliphatic rings. The summed E-state index contributed by atoms with van der Waals surface area (Å²) < 4.78 is 18.1. The first-order valence-corrected chi connectivity index (χ1v) is 6.76. The molecule has 1 atom stereocenters. The average molecular weight is 295 g/mol. The van der Waals surface area contributed by atoms with E-state index in [1.807, 2.05) is 0 Å². The Balaban J connectivity index is 1.89. The van der Waals surface area contributed by atoms with Crippen molar-refractivity contribution in [2.24, 2.45) is 5.73 Å². The summed E-state index contributed by atoms with van der Waals surface area (Å²) in [6.45, 7) is 1.71. The van der Waals surface area contributed by atoms with Crippen LogP contribution in [0.25, 0.3) is 0 Å². The van der Waals surface area contributed by atoms with E-state index >= 15 is 0 Å². The van der Waals surface area contributed by atoms with Crippen LogP contribution in [0, 0.1) is 5.82 Å². The number of nitrogens with one attached hydrogen (secondary N) is 1. The summed E-state index contributed by atoms with van der Waals surface area (Å²) in [6.07, 6.45) is -0.858. The van der Waals surface area contributed by atoms with Crippen molar-refractivity contribution in [1.82, 2.24) is 4.90 Å². The lowest BCUT2D eigenvalue weighted by Crippen LogP contribution is -2.50. The molecule has 21 heavy (non-hydrogen) atoms. The molecule has 3 N–H and O–H groups in total.